The van der Waals surface area contributed by atoms with E-state index < -0.39 is 5.41 Å². The third-order valence-electron chi connectivity index (χ3n) is 3.92. The van der Waals surface area contributed by atoms with Gasteiger partial charge in [-0.25, -0.2) is 0 Å². The van der Waals surface area contributed by atoms with Crippen molar-refractivity contribution < 1.29 is 34.4 Å². The second-order valence-electron chi connectivity index (χ2n) is 7.69. The van der Waals surface area contributed by atoms with Crippen molar-refractivity contribution in [1.82, 2.24) is 0 Å². The van der Waals surface area contributed by atoms with E-state index in [-0.39, 0.29) is 31.8 Å². The molecule has 27 heavy (non-hydrogen) atoms. The number of aliphatic hydroxyl groups is 3. The summed E-state index contributed by atoms with van der Waals surface area (Å²) in [6.07, 6.45) is 2.70. The number of aliphatic hydroxyl groups excluding tert-OH is 3. The van der Waals surface area contributed by atoms with Crippen molar-refractivity contribution in [3.8, 4) is 0 Å². The number of esters is 2. The van der Waals surface area contributed by atoms with E-state index in [2.05, 4.69) is 0 Å². The van der Waals surface area contributed by atoms with Gasteiger partial charge in [0.25, 0.3) is 0 Å². The van der Waals surface area contributed by atoms with Gasteiger partial charge in [0.05, 0.1) is 33.0 Å². The van der Waals surface area contributed by atoms with Crippen LogP contribution in [-0.2, 0) is 19.1 Å². The molecule has 3 N–H and O–H groups in total. The van der Waals surface area contributed by atoms with Crippen LogP contribution in [0.3, 0.4) is 0 Å². The Hall–Kier alpha value is -1.18. The lowest BCUT2D eigenvalue weighted by Crippen LogP contribution is -2.32. The Balaban J connectivity index is 0. The van der Waals surface area contributed by atoms with E-state index in [4.69, 9.17) is 24.8 Å². The molecule has 0 unspecified atom stereocenters. The Bertz CT molecular complexity index is 333. The van der Waals surface area contributed by atoms with E-state index in [0.717, 1.165) is 0 Å². The summed E-state index contributed by atoms with van der Waals surface area (Å²) in [5, 5.41) is 26.0. The van der Waals surface area contributed by atoms with Crippen LogP contribution in [0.25, 0.3) is 0 Å². The third kappa shape index (κ3) is 16.7. The summed E-state index contributed by atoms with van der Waals surface area (Å²) in [7, 11) is 0. The fourth-order valence-corrected chi connectivity index (χ4v) is 1.69. The van der Waals surface area contributed by atoms with Gasteiger partial charge in [0, 0.05) is 18.3 Å². The van der Waals surface area contributed by atoms with Gasteiger partial charge in [-0.3, -0.25) is 9.59 Å². The molecule has 0 fully saturated rings. The molecule has 0 aliphatic rings. The molecule has 0 saturated carbocycles. The van der Waals surface area contributed by atoms with Gasteiger partial charge in [-0.1, -0.05) is 34.6 Å². The molecular weight excluding hydrogens is 352 g/mol. The van der Waals surface area contributed by atoms with Gasteiger partial charge < -0.3 is 24.8 Å². The van der Waals surface area contributed by atoms with Crippen molar-refractivity contribution in [1.29, 1.82) is 0 Å². The maximum atomic E-state index is 11.3. The van der Waals surface area contributed by atoms with Crippen LogP contribution in [0, 0.1) is 17.3 Å². The highest BCUT2D eigenvalue weighted by molar-refractivity contribution is 5.70. The normalized spacial score (nSPS) is 11.2. The average molecular weight is 393 g/mol. The SMILES string of the molecule is CC(C)COC(=O)CCCCC(=O)OCC(C)C.CCC(CO)(CO)CO. The highest BCUT2D eigenvalue weighted by Gasteiger charge is 2.24. The highest BCUT2D eigenvalue weighted by atomic mass is 16.5. The van der Waals surface area contributed by atoms with Gasteiger partial charge in [-0.2, -0.15) is 0 Å². The van der Waals surface area contributed by atoms with Gasteiger partial charge in [0.15, 0.2) is 0 Å². The van der Waals surface area contributed by atoms with E-state index in [1.54, 1.807) is 0 Å². The number of rotatable bonds is 13. The van der Waals surface area contributed by atoms with Crippen molar-refractivity contribution in [2.75, 3.05) is 33.0 Å². The van der Waals surface area contributed by atoms with E-state index in [9.17, 15) is 9.59 Å². The molecule has 162 valence electrons. The van der Waals surface area contributed by atoms with Gasteiger partial charge >= 0.3 is 11.9 Å². The zero-order chi connectivity index (χ0) is 21.3. The second-order valence-corrected chi connectivity index (χ2v) is 7.69. The molecule has 0 heterocycles. The maximum absolute atomic E-state index is 11.3. The fraction of sp³-hybridized carbons (Fsp3) is 0.900. The smallest absolute Gasteiger partial charge is 0.305 e. The Morgan fingerprint density at radius 3 is 1.30 bits per heavy atom. The minimum absolute atomic E-state index is 0.156. The molecule has 0 radical (unpaired) electrons. The molecule has 7 heteroatoms. The van der Waals surface area contributed by atoms with Crippen molar-refractivity contribution in [3.05, 3.63) is 0 Å². The Morgan fingerprint density at radius 1 is 0.778 bits per heavy atom. The first kappa shape index (κ1) is 28.0. The Morgan fingerprint density at radius 2 is 1.11 bits per heavy atom. The fourth-order valence-electron chi connectivity index (χ4n) is 1.69. The largest absolute Gasteiger partial charge is 0.465 e. The summed E-state index contributed by atoms with van der Waals surface area (Å²) < 4.78 is 10.1. The van der Waals surface area contributed by atoms with Crippen LogP contribution in [0.5, 0.6) is 0 Å². The molecule has 0 spiro atoms. The summed E-state index contributed by atoms with van der Waals surface area (Å²) >= 11 is 0. The first-order valence-electron chi connectivity index (χ1n) is 9.80. The highest BCUT2D eigenvalue weighted by Crippen LogP contribution is 2.18. The zero-order valence-corrected chi connectivity index (χ0v) is 17.7. The predicted octanol–water partition coefficient (Wildman–Crippen LogP) is 2.30. The molecule has 0 aliphatic carbocycles. The number of ether oxygens (including phenoxy) is 2. The molecule has 0 saturated heterocycles. The topological polar surface area (TPSA) is 113 Å². The van der Waals surface area contributed by atoms with Gasteiger partial charge in [-0.15, -0.1) is 0 Å². The minimum atomic E-state index is -0.667. The van der Waals surface area contributed by atoms with Crippen molar-refractivity contribution in [2.45, 2.75) is 66.7 Å². The molecule has 7 nitrogen and oxygen atoms in total. The Kier molecular flexibility index (Phi) is 17.6. The monoisotopic (exact) mass is 392 g/mol. The predicted molar refractivity (Wildman–Crippen MR) is 104 cm³/mol. The second kappa shape index (κ2) is 17.0. The van der Waals surface area contributed by atoms with E-state index >= 15 is 0 Å². The summed E-state index contributed by atoms with van der Waals surface area (Å²) in [6.45, 7) is 10.3. The van der Waals surface area contributed by atoms with Crippen LogP contribution in [0.15, 0.2) is 0 Å². The summed E-state index contributed by atoms with van der Waals surface area (Å²) in [4.78, 5) is 22.5. The van der Waals surface area contributed by atoms with Crippen LogP contribution in [0.4, 0.5) is 0 Å². The van der Waals surface area contributed by atoms with Crippen LogP contribution in [0.1, 0.15) is 66.7 Å². The summed E-state index contributed by atoms with van der Waals surface area (Å²) in [5.41, 5.74) is -0.667. The minimum Gasteiger partial charge on any atom is -0.465 e. The van der Waals surface area contributed by atoms with Gasteiger partial charge in [0.2, 0.25) is 0 Å². The van der Waals surface area contributed by atoms with E-state index in [1.165, 1.54) is 0 Å². The molecule has 0 atom stereocenters. The van der Waals surface area contributed by atoms with E-state index in [1.807, 2.05) is 34.6 Å². The van der Waals surface area contributed by atoms with Gasteiger partial charge in [0.1, 0.15) is 0 Å². The van der Waals surface area contributed by atoms with Crippen molar-refractivity contribution >= 4 is 11.9 Å². The molecule has 0 aromatic heterocycles. The lowest BCUT2D eigenvalue weighted by molar-refractivity contribution is -0.147. The van der Waals surface area contributed by atoms with Crippen LogP contribution >= 0.6 is 0 Å². The van der Waals surface area contributed by atoms with Crippen LogP contribution in [-0.4, -0.2) is 60.3 Å². The molecular formula is C20H40O7. The molecule has 0 aromatic carbocycles. The third-order valence-corrected chi connectivity index (χ3v) is 3.92. The summed E-state index contributed by atoms with van der Waals surface area (Å²) in [5.74, 6) is 0.360. The van der Waals surface area contributed by atoms with Crippen LogP contribution < -0.4 is 0 Å². The first-order valence-corrected chi connectivity index (χ1v) is 9.80. The molecule has 0 bridgehead atoms. The lowest BCUT2D eigenvalue weighted by atomic mass is 9.88. The lowest BCUT2D eigenvalue weighted by Gasteiger charge is -2.24. The van der Waals surface area contributed by atoms with Crippen LogP contribution in [0.2, 0.25) is 0 Å². The van der Waals surface area contributed by atoms with Crippen molar-refractivity contribution in [3.63, 3.8) is 0 Å². The van der Waals surface area contributed by atoms with Gasteiger partial charge in [-0.05, 0) is 31.1 Å². The van der Waals surface area contributed by atoms with Crippen molar-refractivity contribution in [2.24, 2.45) is 17.3 Å². The maximum Gasteiger partial charge on any atom is 0.305 e. The van der Waals surface area contributed by atoms with E-state index in [0.29, 0.717) is 57.2 Å². The molecule has 0 aliphatic heterocycles. The molecule has 0 rings (SSSR count). The quantitative estimate of drug-likeness (QED) is 0.325. The number of hydrogen-bond donors (Lipinski definition) is 3. The standard InChI is InChI=1S/C14H26O4.C6H14O3/c1-11(2)9-17-13(15)7-5-6-8-14(16)18-10-12(3)4;1-2-6(3-7,4-8)5-9/h11-12H,5-10H2,1-4H3;7-9H,2-5H2,1H3. The first-order chi connectivity index (χ1) is 12.7. The number of hydrogen-bond acceptors (Lipinski definition) is 7. The summed E-state index contributed by atoms with van der Waals surface area (Å²) in [6, 6.07) is 0. The Labute approximate surface area is 164 Å². The molecule has 0 aromatic rings. The number of carbonyl (C=O) groups is 2. The average Bonchev–Trinajstić information content (AvgIpc) is 2.64. The number of unbranched alkanes of at least 4 members (excludes halogenated alkanes) is 1. The molecule has 0 amide bonds. The number of carbonyl (C=O) groups excluding carboxylic acids is 2. The zero-order valence-electron chi connectivity index (χ0n) is 17.7.